The molecule has 1 N–H and O–H groups in total. The quantitative estimate of drug-likeness (QED) is 0.751. The Balaban J connectivity index is 0.000000605. The standard InChI is InChI=1S/C7H8ClNS.ClH/c8-5-2-4-10-7(5)6-1-3-9-6;/h2,4,6,9H,1,3H2;1H/t6-;/m1./s1. The van der Waals surface area contributed by atoms with Gasteiger partial charge in [0.15, 0.2) is 0 Å². The van der Waals surface area contributed by atoms with Gasteiger partial charge < -0.3 is 5.32 Å². The van der Waals surface area contributed by atoms with Crippen molar-refractivity contribution in [1.29, 1.82) is 0 Å². The van der Waals surface area contributed by atoms with Crippen LogP contribution in [0.25, 0.3) is 0 Å². The predicted octanol–water partition coefficient (Wildman–Crippen LogP) is 2.86. The molecule has 1 aromatic heterocycles. The number of thiophene rings is 1. The number of hydrogen-bond acceptors (Lipinski definition) is 2. The molecule has 1 aliphatic heterocycles. The molecule has 2 heterocycles. The maximum Gasteiger partial charge on any atom is 0.0561 e. The van der Waals surface area contributed by atoms with Crippen molar-refractivity contribution in [2.45, 2.75) is 12.5 Å². The van der Waals surface area contributed by atoms with E-state index >= 15 is 0 Å². The second-order valence-electron chi connectivity index (χ2n) is 2.43. The first-order chi connectivity index (χ1) is 4.88. The molecule has 0 aromatic carbocycles. The zero-order valence-corrected chi connectivity index (χ0v) is 8.23. The molecule has 2 rings (SSSR count). The van der Waals surface area contributed by atoms with Crippen LogP contribution in [-0.2, 0) is 0 Å². The molecule has 1 fully saturated rings. The molecule has 1 aliphatic rings. The Morgan fingerprint density at radius 2 is 2.36 bits per heavy atom. The van der Waals surface area contributed by atoms with Crippen molar-refractivity contribution in [3.63, 3.8) is 0 Å². The van der Waals surface area contributed by atoms with E-state index in [1.165, 1.54) is 11.3 Å². The predicted molar refractivity (Wildman–Crippen MR) is 51.9 cm³/mol. The van der Waals surface area contributed by atoms with Crippen molar-refractivity contribution in [3.8, 4) is 0 Å². The van der Waals surface area contributed by atoms with Crippen LogP contribution in [0.3, 0.4) is 0 Å². The summed E-state index contributed by atoms with van der Waals surface area (Å²) in [5.74, 6) is 0. The third-order valence-electron chi connectivity index (χ3n) is 1.79. The van der Waals surface area contributed by atoms with E-state index in [0.717, 1.165) is 11.6 Å². The van der Waals surface area contributed by atoms with Crippen LogP contribution in [-0.4, -0.2) is 6.54 Å². The second kappa shape index (κ2) is 3.76. The first-order valence-corrected chi connectivity index (χ1v) is 4.60. The summed E-state index contributed by atoms with van der Waals surface area (Å²) in [7, 11) is 0. The van der Waals surface area contributed by atoms with Gasteiger partial charge in [-0.3, -0.25) is 0 Å². The summed E-state index contributed by atoms with van der Waals surface area (Å²) >= 11 is 7.66. The Kier molecular flexibility index (Phi) is 3.19. The molecule has 0 spiro atoms. The first kappa shape index (κ1) is 9.33. The van der Waals surface area contributed by atoms with Crippen LogP contribution in [0.5, 0.6) is 0 Å². The maximum atomic E-state index is 5.92. The smallest absolute Gasteiger partial charge is 0.0561 e. The average molecular weight is 210 g/mol. The van der Waals surface area contributed by atoms with Gasteiger partial charge in [-0.25, -0.2) is 0 Å². The molecule has 0 bridgehead atoms. The van der Waals surface area contributed by atoms with Gasteiger partial charge in [0.1, 0.15) is 0 Å². The minimum atomic E-state index is 0. The summed E-state index contributed by atoms with van der Waals surface area (Å²) in [4.78, 5) is 1.30. The van der Waals surface area contributed by atoms with Gasteiger partial charge >= 0.3 is 0 Å². The van der Waals surface area contributed by atoms with E-state index in [1.54, 1.807) is 11.3 Å². The molecule has 0 unspecified atom stereocenters. The molecule has 1 nitrogen and oxygen atoms in total. The van der Waals surface area contributed by atoms with Gasteiger partial charge in [-0.1, -0.05) is 11.6 Å². The van der Waals surface area contributed by atoms with Gasteiger partial charge in [-0.2, -0.15) is 0 Å². The normalized spacial score (nSPS) is 22.1. The van der Waals surface area contributed by atoms with E-state index in [9.17, 15) is 0 Å². The highest BCUT2D eigenvalue weighted by molar-refractivity contribution is 7.10. The van der Waals surface area contributed by atoms with E-state index in [-0.39, 0.29) is 12.4 Å². The lowest BCUT2D eigenvalue weighted by Gasteiger charge is -2.26. The average Bonchev–Trinajstić information content (AvgIpc) is 2.12. The SMILES string of the molecule is Cl.Clc1ccsc1[C@H]1CCN1. The number of hydrogen-bond donors (Lipinski definition) is 1. The lowest BCUT2D eigenvalue weighted by molar-refractivity contribution is 0.389. The highest BCUT2D eigenvalue weighted by atomic mass is 35.5. The van der Waals surface area contributed by atoms with Crippen LogP contribution in [0.15, 0.2) is 11.4 Å². The third kappa shape index (κ3) is 1.70. The van der Waals surface area contributed by atoms with E-state index < -0.39 is 0 Å². The fourth-order valence-corrected chi connectivity index (χ4v) is 2.37. The van der Waals surface area contributed by atoms with E-state index in [0.29, 0.717) is 6.04 Å². The van der Waals surface area contributed by atoms with Crippen molar-refractivity contribution >= 4 is 35.3 Å². The van der Waals surface area contributed by atoms with Crippen LogP contribution < -0.4 is 5.32 Å². The van der Waals surface area contributed by atoms with Gasteiger partial charge in [-0.15, -0.1) is 23.7 Å². The summed E-state index contributed by atoms with van der Waals surface area (Å²) in [6, 6.07) is 2.51. The monoisotopic (exact) mass is 209 g/mol. The van der Waals surface area contributed by atoms with Gasteiger partial charge in [0.05, 0.1) is 5.02 Å². The molecule has 0 amide bonds. The third-order valence-corrected chi connectivity index (χ3v) is 3.26. The summed E-state index contributed by atoms with van der Waals surface area (Å²) in [6.07, 6.45) is 1.24. The minimum Gasteiger partial charge on any atom is -0.309 e. The van der Waals surface area contributed by atoms with Crippen molar-refractivity contribution in [2.24, 2.45) is 0 Å². The molecular weight excluding hydrogens is 201 g/mol. The summed E-state index contributed by atoms with van der Waals surface area (Å²) in [5, 5.41) is 6.27. The van der Waals surface area contributed by atoms with Crippen molar-refractivity contribution < 1.29 is 0 Å². The van der Waals surface area contributed by atoms with Crippen molar-refractivity contribution in [3.05, 3.63) is 21.3 Å². The molecule has 4 heteroatoms. The summed E-state index contributed by atoms with van der Waals surface area (Å²) in [6.45, 7) is 1.14. The Labute approximate surface area is 81.2 Å². The van der Waals surface area contributed by atoms with Crippen LogP contribution in [0.1, 0.15) is 17.3 Å². The largest absolute Gasteiger partial charge is 0.309 e. The van der Waals surface area contributed by atoms with E-state index in [2.05, 4.69) is 5.32 Å². The lowest BCUT2D eigenvalue weighted by Crippen LogP contribution is -2.34. The van der Waals surface area contributed by atoms with Crippen LogP contribution in [0.4, 0.5) is 0 Å². The van der Waals surface area contributed by atoms with Crippen LogP contribution >= 0.6 is 35.3 Å². The van der Waals surface area contributed by atoms with Gasteiger partial charge in [-0.05, 0) is 24.4 Å². The molecule has 1 aromatic rings. The Bertz CT molecular complexity index is 232. The maximum absolute atomic E-state index is 5.92. The van der Waals surface area contributed by atoms with Crippen LogP contribution in [0.2, 0.25) is 5.02 Å². The van der Waals surface area contributed by atoms with Crippen LogP contribution in [0, 0.1) is 0 Å². The van der Waals surface area contributed by atoms with Gasteiger partial charge in [0.2, 0.25) is 0 Å². The Hall–Kier alpha value is 0.240. The zero-order chi connectivity index (χ0) is 6.97. The highest BCUT2D eigenvalue weighted by Gasteiger charge is 2.21. The topological polar surface area (TPSA) is 12.0 Å². The lowest BCUT2D eigenvalue weighted by atomic mass is 10.1. The molecule has 0 radical (unpaired) electrons. The molecule has 1 saturated heterocycles. The minimum absolute atomic E-state index is 0. The Morgan fingerprint density at radius 3 is 2.73 bits per heavy atom. The summed E-state index contributed by atoms with van der Waals surface area (Å²) < 4.78 is 0. The van der Waals surface area contributed by atoms with Gasteiger partial charge in [0, 0.05) is 10.9 Å². The van der Waals surface area contributed by atoms with Gasteiger partial charge in [0.25, 0.3) is 0 Å². The number of rotatable bonds is 1. The highest BCUT2D eigenvalue weighted by Crippen LogP contribution is 2.33. The molecule has 11 heavy (non-hydrogen) atoms. The fourth-order valence-electron chi connectivity index (χ4n) is 1.07. The summed E-state index contributed by atoms with van der Waals surface area (Å²) in [5.41, 5.74) is 0. The molecular formula is C7H9Cl2NS. The zero-order valence-electron chi connectivity index (χ0n) is 5.84. The second-order valence-corrected chi connectivity index (χ2v) is 3.78. The Morgan fingerprint density at radius 1 is 1.64 bits per heavy atom. The molecule has 0 saturated carbocycles. The number of nitrogens with one attached hydrogen (secondary N) is 1. The molecule has 62 valence electrons. The van der Waals surface area contributed by atoms with E-state index in [4.69, 9.17) is 11.6 Å². The van der Waals surface area contributed by atoms with Crippen molar-refractivity contribution in [1.82, 2.24) is 5.32 Å². The fraction of sp³-hybridized carbons (Fsp3) is 0.429. The number of halogens is 2. The first-order valence-electron chi connectivity index (χ1n) is 3.34. The molecule has 0 aliphatic carbocycles. The molecule has 1 atom stereocenters. The van der Waals surface area contributed by atoms with E-state index in [1.807, 2.05) is 11.4 Å². The van der Waals surface area contributed by atoms with Crippen molar-refractivity contribution in [2.75, 3.05) is 6.54 Å².